The molecular formula is C55H44F12Zr. The summed E-state index contributed by atoms with van der Waals surface area (Å²) in [5.74, 6) is 0. The molecule has 68 heavy (non-hydrogen) atoms. The van der Waals surface area contributed by atoms with E-state index in [0.29, 0.717) is 46.5 Å². The van der Waals surface area contributed by atoms with Crippen LogP contribution in [-0.4, -0.2) is 3.21 Å². The first kappa shape index (κ1) is 49.1. The first-order valence-electron chi connectivity index (χ1n) is 21.7. The van der Waals surface area contributed by atoms with Crippen LogP contribution in [0.15, 0.2) is 146 Å². The third-order valence-electron chi connectivity index (χ3n) is 12.5. The maximum absolute atomic E-state index is 14.8. The number of hydrogen-bond acceptors (Lipinski definition) is 0. The summed E-state index contributed by atoms with van der Waals surface area (Å²) in [4.78, 5) is 0. The van der Waals surface area contributed by atoms with E-state index >= 15 is 0 Å². The van der Waals surface area contributed by atoms with Gasteiger partial charge in [-0.25, -0.2) is 0 Å². The van der Waals surface area contributed by atoms with Crippen LogP contribution < -0.4 is 0 Å². The average molecular weight is 1020 g/mol. The van der Waals surface area contributed by atoms with Crippen molar-refractivity contribution >= 4 is 3.21 Å². The van der Waals surface area contributed by atoms with E-state index in [0.717, 1.165) is 33.4 Å². The SMILES string of the molecule is CC(C)(C)c1cc2c(cc1-c1ccccc1)[CH]([Zr](=[C](c1cc(C(F)(F)F)cc(C(F)(F)F)c1)c1cc(C(F)(F)F)cc(C(F)(F)F)c1)[CH]1C=CC=C1)c1cc(-c3ccccc3)c(C(C)(C)C)cc1-2. The fourth-order valence-corrected chi connectivity index (χ4v) is 18.7. The van der Waals surface area contributed by atoms with Crippen LogP contribution in [0.25, 0.3) is 33.4 Å². The molecule has 0 atom stereocenters. The molecule has 0 aliphatic heterocycles. The average Bonchev–Trinajstić information content (AvgIpc) is 3.89. The Balaban J connectivity index is 1.65. The number of fused-ring (bicyclic) bond motifs is 3. The molecule has 8 rings (SSSR count). The van der Waals surface area contributed by atoms with Gasteiger partial charge < -0.3 is 0 Å². The van der Waals surface area contributed by atoms with Gasteiger partial charge in [0.25, 0.3) is 0 Å². The summed E-state index contributed by atoms with van der Waals surface area (Å²) in [6, 6.07) is 28.3. The van der Waals surface area contributed by atoms with Crippen LogP contribution in [-0.2, 0) is 56.8 Å². The van der Waals surface area contributed by atoms with Crippen LogP contribution in [0.5, 0.6) is 0 Å². The van der Waals surface area contributed by atoms with Crippen molar-refractivity contribution in [1.29, 1.82) is 0 Å². The summed E-state index contributed by atoms with van der Waals surface area (Å²) < 4.78 is 176. The predicted octanol–water partition coefficient (Wildman–Crippen LogP) is 17.6. The van der Waals surface area contributed by atoms with Crippen molar-refractivity contribution in [3.63, 3.8) is 0 Å². The van der Waals surface area contributed by atoms with E-state index in [9.17, 15) is 52.7 Å². The van der Waals surface area contributed by atoms with Gasteiger partial charge in [0, 0.05) is 0 Å². The first-order chi connectivity index (χ1) is 31.5. The number of halogens is 12. The van der Waals surface area contributed by atoms with Crippen molar-refractivity contribution < 1.29 is 74.0 Å². The zero-order valence-corrected chi connectivity index (χ0v) is 40.0. The molecule has 6 aromatic rings. The van der Waals surface area contributed by atoms with Crippen molar-refractivity contribution in [3.05, 3.63) is 201 Å². The molecule has 0 nitrogen and oxygen atoms in total. The molecule has 6 aromatic carbocycles. The Kier molecular flexibility index (Phi) is 12.5. The Bertz CT molecular complexity index is 2740. The number of allylic oxidation sites excluding steroid dienone is 4. The number of benzene rings is 6. The van der Waals surface area contributed by atoms with Gasteiger partial charge in [0.05, 0.1) is 0 Å². The summed E-state index contributed by atoms with van der Waals surface area (Å²) in [5, 5.41) is 0. The van der Waals surface area contributed by atoms with Crippen LogP contribution in [0.2, 0.25) is 3.63 Å². The van der Waals surface area contributed by atoms with E-state index in [4.69, 9.17) is 0 Å². The van der Waals surface area contributed by atoms with Crippen molar-refractivity contribution in [2.45, 2.75) is 84.3 Å². The zero-order chi connectivity index (χ0) is 49.5. The Morgan fingerprint density at radius 1 is 0.397 bits per heavy atom. The molecular weight excluding hydrogens is 980 g/mol. The maximum atomic E-state index is 14.8. The van der Waals surface area contributed by atoms with Gasteiger partial charge >= 0.3 is 396 Å². The second-order valence-electron chi connectivity index (χ2n) is 19.4. The molecule has 0 unspecified atom stereocenters. The van der Waals surface area contributed by atoms with E-state index < -0.39 is 97.4 Å². The van der Waals surface area contributed by atoms with E-state index in [1.807, 2.05) is 126 Å². The predicted molar refractivity (Wildman–Crippen MR) is 240 cm³/mol. The van der Waals surface area contributed by atoms with Crippen molar-refractivity contribution in [2.75, 3.05) is 0 Å². The van der Waals surface area contributed by atoms with Gasteiger partial charge in [-0.2, -0.15) is 0 Å². The quantitative estimate of drug-likeness (QED) is 0.146. The summed E-state index contributed by atoms with van der Waals surface area (Å²) in [7, 11) is 0. The van der Waals surface area contributed by atoms with E-state index in [1.54, 1.807) is 24.3 Å². The van der Waals surface area contributed by atoms with E-state index in [2.05, 4.69) is 0 Å². The van der Waals surface area contributed by atoms with Gasteiger partial charge in [-0.15, -0.1) is 0 Å². The molecule has 2 aliphatic rings. The topological polar surface area (TPSA) is 0 Å². The van der Waals surface area contributed by atoms with Crippen molar-refractivity contribution in [2.24, 2.45) is 0 Å². The molecule has 0 fully saturated rings. The second kappa shape index (κ2) is 17.3. The molecule has 0 heterocycles. The van der Waals surface area contributed by atoms with E-state index in [1.165, 1.54) is 0 Å². The molecule has 0 spiro atoms. The van der Waals surface area contributed by atoms with Crippen molar-refractivity contribution in [1.82, 2.24) is 0 Å². The second-order valence-corrected chi connectivity index (χ2v) is 25.9. The Morgan fingerprint density at radius 2 is 0.721 bits per heavy atom. The van der Waals surface area contributed by atoms with Gasteiger partial charge in [-0.05, 0) is 0 Å². The Hall–Kier alpha value is -5.29. The molecule has 13 heteroatoms. The molecule has 2 aliphatic carbocycles. The van der Waals surface area contributed by atoms with E-state index in [-0.39, 0.29) is 15.3 Å². The van der Waals surface area contributed by atoms with Gasteiger partial charge in [0.15, 0.2) is 0 Å². The summed E-state index contributed by atoms with van der Waals surface area (Å²) in [6.07, 6.45) is -14.9. The van der Waals surface area contributed by atoms with Gasteiger partial charge in [0.1, 0.15) is 0 Å². The standard InChI is InChI=1S/C33H33.C17H6F12.C5H5.Zr/c1-32(2,3)30-20-26-24(18-28(30)22-13-9-7-10-14-22)17-25-19-29(23-15-11-8-12-16-23)31(21-27(25)26)33(4,5)6;18-14(19,20)10-2-8(3-11(6-10)15(21,22)23)1-9-4-12(16(24,25)26)7-13(5-9)17(27,28)29;1-2-4-5-3-1;/h7-21H,1-6H3;2-7H;1-5H;. The Labute approximate surface area is 394 Å². The molecule has 0 saturated carbocycles. The molecule has 0 radical (unpaired) electrons. The normalized spacial score (nSPS) is 14.7. The molecule has 0 bridgehead atoms. The third kappa shape index (κ3) is 9.66. The molecule has 0 saturated heterocycles. The van der Waals surface area contributed by atoms with Gasteiger partial charge in [-0.1, -0.05) is 0 Å². The van der Waals surface area contributed by atoms with Crippen LogP contribution in [0.1, 0.15) is 101 Å². The molecule has 0 amide bonds. The molecule has 0 N–H and O–H groups in total. The Morgan fingerprint density at radius 3 is 1.01 bits per heavy atom. The fourth-order valence-electron chi connectivity index (χ4n) is 9.47. The minimum atomic E-state index is -5.39. The van der Waals surface area contributed by atoms with Crippen LogP contribution in [0, 0.1) is 0 Å². The van der Waals surface area contributed by atoms with Crippen molar-refractivity contribution in [3.8, 4) is 33.4 Å². The summed E-state index contributed by atoms with van der Waals surface area (Å²) in [5.41, 5.74) is -1.86. The minimum absolute atomic E-state index is 0.0900. The fraction of sp³-hybridized carbons (Fsp3) is 0.255. The van der Waals surface area contributed by atoms with Crippen LogP contribution in [0.3, 0.4) is 0 Å². The van der Waals surface area contributed by atoms with Gasteiger partial charge in [-0.3, -0.25) is 0 Å². The van der Waals surface area contributed by atoms with Crippen LogP contribution >= 0.6 is 0 Å². The van der Waals surface area contributed by atoms with Gasteiger partial charge in [0.2, 0.25) is 0 Å². The monoisotopic (exact) mass is 1020 g/mol. The van der Waals surface area contributed by atoms with Crippen LogP contribution in [0.4, 0.5) is 52.7 Å². The first-order valence-corrected chi connectivity index (χ1v) is 25.8. The number of rotatable bonds is 6. The number of alkyl halides is 12. The number of hydrogen-bond donors (Lipinski definition) is 0. The summed E-state index contributed by atoms with van der Waals surface area (Å²) in [6.45, 7) is 12.2. The summed E-state index contributed by atoms with van der Waals surface area (Å²) >= 11 is -4.72. The molecule has 0 aromatic heterocycles. The molecule has 352 valence electrons. The zero-order valence-electron chi connectivity index (χ0n) is 37.5. The third-order valence-corrected chi connectivity index (χ3v) is 21.1.